The molecule has 0 fully saturated rings. The minimum Gasteiger partial charge on any atom is -0.462 e. The first-order valence-corrected chi connectivity index (χ1v) is 15.5. The third-order valence-electron chi connectivity index (χ3n) is 6.26. The zero-order valence-electron chi connectivity index (χ0n) is 26.0. The molecule has 0 heterocycles. The summed E-state index contributed by atoms with van der Waals surface area (Å²) in [5.74, 6) is -3.06. The predicted molar refractivity (Wildman–Crippen MR) is 163 cm³/mol. The van der Waals surface area contributed by atoms with Gasteiger partial charge in [0.2, 0.25) is 0 Å². The maximum absolute atomic E-state index is 12.8. The summed E-state index contributed by atoms with van der Waals surface area (Å²) in [5, 5.41) is 0. The number of unbranched alkanes of at least 4 members (excludes halogenated alkanes) is 8. The Bertz CT molecular complexity index is 895. The van der Waals surface area contributed by atoms with Crippen LogP contribution in [-0.4, -0.2) is 50.3 Å². The van der Waals surface area contributed by atoms with Crippen molar-refractivity contribution in [2.75, 3.05) is 26.4 Å². The average molecular weight is 586 g/mol. The van der Waals surface area contributed by atoms with Gasteiger partial charge in [0.05, 0.1) is 26.4 Å². The summed E-state index contributed by atoms with van der Waals surface area (Å²) < 4.78 is 21.4. The van der Waals surface area contributed by atoms with Crippen LogP contribution in [-0.2, 0) is 38.1 Å². The zero-order valence-corrected chi connectivity index (χ0v) is 26.0. The second-order valence-electron chi connectivity index (χ2n) is 10.1. The fraction of sp³-hybridized carbons (Fsp3) is 0.588. The van der Waals surface area contributed by atoms with Gasteiger partial charge < -0.3 is 18.9 Å². The first-order valence-electron chi connectivity index (χ1n) is 15.5. The molecule has 42 heavy (non-hydrogen) atoms. The molecule has 0 aliphatic carbocycles. The second-order valence-corrected chi connectivity index (χ2v) is 10.1. The number of ether oxygens (including phenoxy) is 4. The fourth-order valence-electron chi connectivity index (χ4n) is 3.79. The van der Waals surface area contributed by atoms with E-state index in [-0.39, 0.29) is 37.6 Å². The van der Waals surface area contributed by atoms with Crippen molar-refractivity contribution in [2.24, 2.45) is 0 Å². The van der Waals surface area contributed by atoms with Gasteiger partial charge in [-0.1, -0.05) is 79.1 Å². The van der Waals surface area contributed by atoms with E-state index in [0.717, 1.165) is 51.4 Å². The van der Waals surface area contributed by atoms with E-state index in [1.807, 2.05) is 27.7 Å². The monoisotopic (exact) mass is 585 g/mol. The highest BCUT2D eigenvalue weighted by Crippen LogP contribution is 2.17. The third kappa shape index (κ3) is 15.5. The molecule has 1 radical (unpaired) electrons. The van der Waals surface area contributed by atoms with E-state index in [2.05, 4.69) is 6.07 Å². The minimum absolute atomic E-state index is 0.201. The smallest absolute Gasteiger partial charge is 0.345 e. The van der Waals surface area contributed by atoms with Crippen molar-refractivity contribution in [1.82, 2.24) is 0 Å². The van der Waals surface area contributed by atoms with Crippen molar-refractivity contribution < 1.29 is 38.1 Å². The van der Waals surface area contributed by atoms with Crippen molar-refractivity contribution in [2.45, 2.75) is 105 Å². The van der Waals surface area contributed by atoms with Crippen LogP contribution in [0.2, 0.25) is 0 Å². The van der Waals surface area contributed by atoms with E-state index in [9.17, 15) is 19.2 Å². The molecule has 0 amide bonds. The van der Waals surface area contributed by atoms with Gasteiger partial charge in [-0.15, -0.1) is 0 Å². The van der Waals surface area contributed by atoms with Gasteiger partial charge in [-0.25, -0.2) is 19.2 Å². The Morgan fingerprint density at radius 2 is 0.810 bits per heavy atom. The maximum atomic E-state index is 12.8. The second kappa shape index (κ2) is 23.2. The van der Waals surface area contributed by atoms with Gasteiger partial charge in [-0.2, -0.15) is 0 Å². The summed E-state index contributed by atoms with van der Waals surface area (Å²) in [4.78, 5) is 51.4. The van der Waals surface area contributed by atoms with Crippen molar-refractivity contribution in [3.05, 3.63) is 46.5 Å². The maximum Gasteiger partial charge on any atom is 0.345 e. The van der Waals surface area contributed by atoms with Crippen LogP contribution in [0.1, 0.15) is 116 Å². The number of rotatable bonds is 22. The summed E-state index contributed by atoms with van der Waals surface area (Å²) in [7, 11) is 0. The average Bonchev–Trinajstić information content (AvgIpc) is 2.99. The van der Waals surface area contributed by atoms with Crippen molar-refractivity contribution in [1.29, 1.82) is 0 Å². The number of hydrogen-bond donors (Lipinski definition) is 0. The normalized spacial score (nSPS) is 10.4. The molecule has 0 bridgehead atoms. The van der Waals surface area contributed by atoms with Gasteiger partial charge in [-0.3, -0.25) is 0 Å². The summed E-state index contributed by atoms with van der Waals surface area (Å²) in [6.45, 7) is 8.98. The van der Waals surface area contributed by atoms with Gasteiger partial charge in [0.25, 0.3) is 0 Å². The summed E-state index contributed by atoms with van der Waals surface area (Å²) in [5.41, 5.74) is 0.426. The molecule has 0 aliphatic rings. The Labute approximate surface area is 251 Å². The van der Waals surface area contributed by atoms with Crippen LogP contribution in [0.3, 0.4) is 0 Å². The predicted octanol–water partition coefficient (Wildman–Crippen LogP) is 7.19. The van der Waals surface area contributed by atoms with Crippen LogP contribution in [0.15, 0.2) is 29.3 Å². The van der Waals surface area contributed by atoms with Crippen LogP contribution in [0.4, 0.5) is 0 Å². The van der Waals surface area contributed by atoms with Gasteiger partial charge in [0.1, 0.15) is 11.1 Å². The van der Waals surface area contributed by atoms with Crippen LogP contribution in [0.25, 0.3) is 12.2 Å². The van der Waals surface area contributed by atoms with Crippen LogP contribution in [0.5, 0.6) is 0 Å². The standard InChI is InChI=1S/C34H49O8/c1-5-9-13-20-39-31(35)29(32(36)40-21-14-10-6-2)25-27-18-17-19-28(24-27)26-30(33(37)41-22-15-11-7-3)34(38)42-23-16-12-8-4/h18-19,24-26H,5-16,20-23H2,1-4H3. The van der Waals surface area contributed by atoms with Crippen molar-refractivity contribution in [3.63, 3.8) is 0 Å². The third-order valence-corrected chi connectivity index (χ3v) is 6.26. The number of hydrogen-bond acceptors (Lipinski definition) is 8. The molecular formula is C34H49O8. The van der Waals surface area contributed by atoms with Gasteiger partial charge >= 0.3 is 23.9 Å². The first-order chi connectivity index (χ1) is 20.4. The Kier molecular flexibility index (Phi) is 20.2. The molecule has 0 unspecified atom stereocenters. The Balaban J connectivity index is 3.27. The number of benzene rings is 1. The van der Waals surface area contributed by atoms with Gasteiger partial charge in [0, 0.05) is 0 Å². The molecule has 0 saturated heterocycles. The van der Waals surface area contributed by atoms with Gasteiger partial charge in [0.15, 0.2) is 0 Å². The lowest BCUT2D eigenvalue weighted by molar-refractivity contribution is -0.148. The first kappa shape index (κ1) is 36.6. The summed E-state index contributed by atoms with van der Waals surface area (Å²) in [6.07, 6.45) is 13.0. The largest absolute Gasteiger partial charge is 0.462 e. The lowest BCUT2D eigenvalue weighted by Crippen LogP contribution is -2.19. The van der Waals surface area contributed by atoms with Crippen molar-refractivity contribution in [3.8, 4) is 0 Å². The molecule has 1 rings (SSSR count). The number of esters is 4. The highest BCUT2D eigenvalue weighted by atomic mass is 16.6. The molecule has 233 valence electrons. The highest BCUT2D eigenvalue weighted by Gasteiger charge is 2.23. The molecule has 1 aromatic rings. The lowest BCUT2D eigenvalue weighted by atomic mass is 10.1. The summed E-state index contributed by atoms with van der Waals surface area (Å²) >= 11 is 0. The van der Waals surface area contributed by atoms with Crippen molar-refractivity contribution >= 4 is 36.0 Å². The Morgan fingerprint density at radius 1 is 0.524 bits per heavy atom. The summed E-state index contributed by atoms with van der Waals surface area (Å²) in [6, 6.07) is 7.73. The Morgan fingerprint density at radius 3 is 1.07 bits per heavy atom. The molecular weight excluding hydrogens is 536 g/mol. The molecule has 0 aromatic heterocycles. The molecule has 0 atom stereocenters. The molecule has 0 spiro atoms. The van der Waals surface area contributed by atoms with E-state index in [0.29, 0.717) is 36.8 Å². The highest BCUT2D eigenvalue weighted by molar-refractivity contribution is 6.18. The molecule has 8 heteroatoms. The van der Waals surface area contributed by atoms with E-state index in [1.54, 1.807) is 18.2 Å². The SMILES string of the molecule is CCCCCOC(=O)C(=Cc1c[c]cc(C=C(C(=O)OCCCCC)C(=O)OCCCCC)c1)C(=O)OCCCCC. The Hall–Kier alpha value is -3.42. The van der Waals surface area contributed by atoms with Crippen LogP contribution >= 0.6 is 0 Å². The molecule has 0 N–H and O–H groups in total. The van der Waals surface area contributed by atoms with E-state index >= 15 is 0 Å². The number of carbonyl (C=O) groups is 4. The molecule has 0 aliphatic heterocycles. The van der Waals surface area contributed by atoms with Crippen LogP contribution in [0, 0.1) is 6.07 Å². The topological polar surface area (TPSA) is 105 Å². The minimum atomic E-state index is -0.764. The number of carbonyl (C=O) groups excluding carboxylic acids is 4. The van der Waals surface area contributed by atoms with E-state index in [1.165, 1.54) is 12.2 Å². The zero-order chi connectivity index (χ0) is 31.0. The molecule has 1 aromatic carbocycles. The molecule has 8 nitrogen and oxygen atoms in total. The van der Waals surface area contributed by atoms with Gasteiger partial charge in [-0.05, 0) is 73.2 Å². The lowest BCUT2D eigenvalue weighted by Gasteiger charge is -2.10. The fourth-order valence-corrected chi connectivity index (χ4v) is 3.79. The quantitative estimate of drug-likeness (QED) is 0.0352. The van der Waals surface area contributed by atoms with Crippen LogP contribution < -0.4 is 0 Å². The molecule has 0 saturated carbocycles. The van der Waals surface area contributed by atoms with E-state index < -0.39 is 23.9 Å². The van der Waals surface area contributed by atoms with E-state index in [4.69, 9.17) is 18.9 Å².